The first kappa shape index (κ1) is 23.0. The van der Waals surface area contributed by atoms with Gasteiger partial charge in [0.25, 0.3) is 5.91 Å². The Bertz CT molecular complexity index is 1520. The van der Waals surface area contributed by atoms with Crippen LogP contribution in [0.1, 0.15) is 21.5 Å². The number of methoxy groups -OCH3 is 1. The van der Waals surface area contributed by atoms with E-state index in [0.717, 1.165) is 22.0 Å². The van der Waals surface area contributed by atoms with E-state index < -0.39 is 0 Å². The number of amides is 1. The lowest BCUT2D eigenvalue weighted by molar-refractivity contribution is 0.0951. The highest BCUT2D eigenvalue weighted by Crippen LogP contribution is 2.31. The Morgan fingerprint density at radius 2 is 1.78 bits per heavy atom. The second-order valence-corrected chi connectivity index (χ2v) is 8.36. The van der Waals surface area contributed by atoms with Crippen LogP contribution in [0.15, 0.2) is 91.3 Å². The minimum atomic E-state index is -0.179. The van der Waals surface area contributed by atoms with Crippen molar-refractivity contribution >= 4 is 28.3 Å². The quantitative estimate of drug-likeness (QED) is 0.315. The molecule has 0 radical (unpaired) electrons. The second-order valence-electron chi connectivity index (χ2n) is 8.36. The van der Waals surface area contributed by atoms with Crippen LogP contribution in [0.5, 0.6) is 5.75 Å². The normalized spacial score (nSPS) is 10.7. The number of anilines is 2. The van der Waals surface area contributed by atoms with E-state index in [9.17, 15) is 4.79 Å². The van der Waals surface area contributed by atoms with Crippen molar-refractivity contribution in [2.75, 3.05) is 12.4 Å². The van der Waals surface area contributed by atoms with Crippen LogP contribution in [0.3, 0.4) is 0 Å². The third-order valence-corrected chi connectivity index (χ3v) is 5.82. The highest BCUT2D eigenvalue weighted by atomic mass is 16.5. The number of nitrogens with zero attached hydrogens (tertiary/aromatic N) is 3. The lowest BCUT2D eigenvalue weighted by atomic mass is 10.1. The summed E-state index contributed by atoms with van der Waals surface area (Å²) >= 11 is 0. The molecule has 0 saturated heterocycles. The molecule has 5 rings (SSSR count). The molecular weight excluding hydrogens is 450 g/mol. The molecule has 0 fully saturated rings. The van der Waals surface area contributed by atoms with Crippen LogP contribution >= 0.6 is 0 Å². The van der Waals surface area contributed by atoms with Crippen molar-refractivity contribution in [1.29, 1.82) is 0 Å². The Morgan fingerprint density at radius 3 is 2.56 bits per heavy atom. The lowest BCUT2D eigenvalue weighted by Crippen LogP contribution is -2.23. The summed E-state index contributed by atoms with van der Waals surface area (Å²) < 4.78 is 5.43. The Balaban J connectivity index is 1.50. The number of carbonyl (C=O) groups excluding carboxylic acids is 1. The third-order valence-electron chi connectivity index (χ3n) is 5.82. The topological polar surface area (TPSA) is 89.0 Å². The summed E-state index contributed by atoms with van der Waals surface area (Å²) in [5, 5.41) is 7.16. The van der Waals surface area contributed by atoms with E-state index in [2.05, 4.69) is 15.6 Å². The minimum Gasteiger partial charge on any atom is -0.497 e. The maximum Gasteiger partial charge on any atom is 0.253 e. The van der Waals surface area contributed by atoms with E-state index in [0.29, 0.717) is 35.2 Å². The van der Waals surface area contributed by atoms with E-state index in [1.165, 1.54) is 5.56 Å². The fourth-order valence-electron chi connectivity index (χ4n) is 3.86. The molecule has 7 heteroatoms. The molecule has 0 unspecified atom stereocenters. The summed E-state index contributed by atoms with van der Waals surface area (Å²) in [5.74, 6) is 1.61. The maximum absolute atomic E-state index is 13.1. The number of fused-ring (bicyclic) bond motifs is 1. The Hall–Kier alpha value is -4.78. The summed E-state index contributed by atoms with van der Waals surface area (Å²) in [6, 6.07) is 24.9. The molecule has 0 bridgehead atoms. The van der Waals surface area contributed by atoms with Gasteiger partial charge in [-0.15, -0.1) is 0 Å². The van der Waals surface area contributed by atoms with Crippen molar-refractivity contribution in [2.45, 2.75) is 13.5 Å². The molecule has 1 amide bonds. The highest BCUT2D eigenvalue weighted by Gasteiger charge is 2.15. The van der Waals surface area contributed by atoms with E-state index in [4.69, 9.17) is 14.7 Å². The van der Waals surface area contributed by atoms with Gasteiger partial charge in [0, 0.05) is 29.9 Å². The zero-order valence-electron chi connectivity index (χ0n) is 20.0. The van der Waals surface area contributed by atoms with Gasteiger partial charge in [-0.3, -0.25) is 9.78 Å². The van der Waals surface area contributed by atoms with Crippen LogP contribution in [-0.4, -0.2) is 28.0 Å². The van der Waals surface area contributed by atoms with Crippen molar-refractivity contribution in [3.63, 3.8) is 0 Å². The molecule has 0 aliphatic rings. The maximum atomic E-state index is 13.1. The SMILES string of the molecule is COc1ccc2nc(-c3cccnc3)nc(Nc3ccccc3C(=O)NCc3ccc(C)cc3)c2c1. The highest BCUT2D eigenvalue weighted by molar-refractivity contribution is 6.02. The van der Waals surface area contributed by atoms with Crippen LogP contribution in [-0.2, 0) is 6.54 Å². The van der Waals surface area contributed by atoms with Gasteiger partial charge >= 0.3 is 0 Å². The average Bonchev–Trinajstić information content (AvgIpc) is 2.93. The largest absolute Gasteiger partial charge is 0.497 e. The summed E-state index contributed by atoms with van der Waals surface area (Å²) in [6.45, 7) is 2.47. The number of hydrogen-bond acceptors (Lipinski definition) is 6. The number of para-hydroxylation sites is 1. The first-order valence-corrected chi connectivity index (χ1v) is 11.6. The molecule has 0 aliphatic heterocycles. The predicted octanol–water partition coefficient (Wildman–Crippen LogP) is 5.68. The first-order chi connectivity index (χ1) is 17.6. The molecule has 0 saturated carbocycles. The van der Waals surface area contributed by atoms with Gasteiger partial charge in [-0.05, 0) is 55.0 Å². The smallest absolute Gasteiger partial charge is 0.253 e. The first-order valence-electron chi connectivity index (χ1n) is 11.6. The Morgan fingerprint density at radius 1 is 0.944 bits per heavy atom. The predicted molar refractivity (Wildman–Crippen MR) is 141 cm³/mol. The van der Waals surface area contributed by atoms with Crippen molar-refractivity contribution < 1.29 is 9.53 Å². The molecule has 2 heterocycles. The third kappa shape index (κ3) is 5.00. The molecule has 0 atom stereocenters. The van der Waals surface area contributed by atoms with E-state index in [1.807, 2.05) is 79.7 Å². The molecule has 2 N–H and O–H groups in total. The fourth-order valence-corrected chi connectivity index (χ4v) is 3.86. The van der Waals surface area contributed by atoms with E-state index >= 15 is 0 Å². The van der Waals surface area contributed by atoms with Gasteiger partial charge in [-0.1, -0.05) is 42.0 Å². The molecule has 7 nitrogen and oxygen atoms in total. The second kappa shape index (κ2) is 10.2. The molecule has 0 aliphatic carbocycles. The summed E-state index contributed by atoms with van der Waals surface area (Å²) in [6.07, 6.45) is 3.43. The summed E-state index contributed by atoms with van der Waals surface area (Å²) in [7, 11) is 1.62. The number of aromatic nitrogens is 3. The standard InChI is InChI=1S/C29H25N5O2/c1-19-9-11-20(12-10-19)17-31-29(35)23-7-3-4-8-25(23)33-28-24-16-22(36-2)13-14-26(24)32-27(34-28)21-6-5-15-30-18-21/h3-16,18H,17H2,1-2H3,(H,31,35)(H,32,33,34). The summed E-state index contributed by atoms with van der Waals surface area (Å²) in [5.41, 5.74) is 4.91. The molecule has 2 aromatic heterocycles. The Kier molecular flexibility index (Phi) is 6.53. The van der Waals surface area contributed by atoms with Crippen LogP contribution in [0, 0.1) is 6.92 Å². The van der Waals surface area contributed by atoms with Gasteiger partial charge in [-0.25, -0.2) is 9.97 Å². The van der Waals surface area contributed by atoms with Crippen molar-refractivity contribution in [1.82, 2.24) is 20.3 Å². The van der Waals surface area contributed by atoms with Gasteiger partial charge in [0.15, 0.2) is 5.82 Å². The van der Waals surface area contributed by atoms with Gasteiger partial charge in [0.05, 0.1) is 23.9 Å². The Labute approximate surface area is 209 Å². The van der Waals surface area contributed by atoms with Gasteiger partial charge < -0.3 is 15.4 Å². The van der Waals surface area contributed by atoms with Gasteiger partial charge in [0.1, 0.15) is 11.6 Å². The van der Waals surface area contributed by atoms with Gasteiger partial charge in [-0.2, -0.15) is 0 Å². The zero-order chi connectivity index (χ0) is 24.9. The van der Waals surface area contributed by atoms with Crippen LogP contribution < -0.4 is 15.4 Å². The molecule has 36 heavy (non-hydrogen) atoms. The lowest BCUT2D eigenvalue weighted by Gasteiger charge is -2.15. The average molecular weight is 476 g/mol. The number of hydrogen-bond donors (Lipinski definition) is 2. The number of aryl methyl sites for hydroxylation is 1. The van der Waals surface area contributed by atoms with Crippen molar-refractivity contribution in [2.24, 2.45) is 0 Å². The zero-order valence-corrected chi connectivity index (χ0v) is 20.0. The number of rotatable bonds is 7. The van der Waals surface area contributed by atoms with Crippen LogP contribution in [0.25, 0.3) is 22.3 Å². The fraction of sp³-hybridized carbons (Fsp3) is 0.103. The van der Waals surface area contributed by atoms with E-state index in [1.54, 1.807) is 25.6 Å². The molecule has 5 aromatic rings. The van der Waals surface area contributed by atoms with Crippen LogP contribution in [0.2, 0.25) is 0 Å². The number of nitrogens with one attached hydrogen (secondary N) is 2. The number of ether oxygens (including phenoxy) is 1. The molecule has 0 spiro atoms. The number of benzene rings is 3. The summed E-state index contributed by atoms with van der Waals surface area (Å²) in [4.78, 5) is 26.9. The number of carbonyl (C=O) groups is 1. The van der Waals surface area contributed by atoms with Crippen LogP contribution in [0.4, 0.5) is 11.5 Å². The van der Waals surface area contributed by atoms with Gasteiger partial charge in [0.2, 0.25) is 0 Å². The van der Waals surface area contributed by atoms with Crippen molar-refractivity contribution in [3.05, 3.63) is 108 Å². The van der Waals surface area contributed by atoms with Crippen molar-refractivity contribution in [3.8, 4) is 17.1 Å². The minimum absolute atomic E-state index is 0.179. The molecule has 3 aromatic carbocycles. The molecule has 178 valence electrons. The molecular formula is C29H25N5O2. The number of pyridine rings is 1. The monoisotopic (exact) mass is 475 g/mol. The van der Waals surface area contributed by atoms with E-state index in [-0.39, 0.29) is 5.91 Å².